The molecule has 0 spiro atoms. The van der Waals surface area contributed by atoms with E-state index < -0.39 is 0 Å². The SMILES string of the molecule is Cc1ccc2c(N3CC[C@@H](NC(=O)CCN4CCCCC4)C3)nc(-c3ccccc3O)nc2c1. The van der Waals surface area contributed by atoms with Gasteiger partial charge in [-0.1, -0.05) is 24.6 Å². The number of nitrogens with one attached hydrogen (secondary N) is 1. The number of phenols is 1. The lowest BCUT2D eigenvalue weighted by atomic mass is 10.1. The Morgan fingerprint density at radius 3 is 2.74 bits per heavy atom. The van der Waals surface area contributed by atoms with Crippen LogP contribution in [0.4, 0.5) is 5.82 Å². The number of aryl methyl sites for hydroxylation is 1. The monoisotopic (exact) mass is 459 g/mol. The molecule has 3 aromatic rings. The fraction of sp³-hybridized carbons (Fsp3) is 0.444. The van der Waals surface area contributed by atoms with Gasteiger partial charge in [-0.05, 0) is 69.1 Å². The minimum absolute atomic E-state index is 0.109. The van der Waals surface area contributed by atoms with Crippen molar-refractivity contribution in [2.45, 2.75) is 45.1 Å². The van der Waals surface area contributed by atoms with Crippen LogP contribution in [0.3, 0.4) is 0 Å². The van der Waals surface area contributed by atoms with Gasteiger partial charge in [-0.3, -0.25) is 4.79 Å². The van der Waals surface area contributed by atoms with Crippen molar-refractivity contribution < 1.29 is 9.90 Å². The molecular weight excluding hydrogens is 426 g/mol. The summed E-state index contributed by atoms with van der Waals surface area (Å²) in [5, 5.41) is 14.6. The summed E-state index contributed by atoms with van der Waals surface area (Å²) >= 11 is 0. The van der Waals surface area contributed by atoms with E-state index in [1.165, 1.54) is 19.3 Å². The molecule has 2 N–H and O–H groups in total. The van der Waals surface area contributed by atoms with E-state index in [4.69, 9.17) is 9.97 Å². The number of aromatic hydroxyl groups is 1. The maximum atomic E-state index is 12.6. The number of nitrogens with zero attached hydrogens (tertiary/aromatic N) is 4. The van der Waals surface area contributed by atoms with Crippen LogP contribution < -0.4 is 10.2 Å². The Balaban J connectivity index is 1.32. The van der Waals surface area contributed by atoms with E-state index in [9.17, 15) is 9.90 Å². The number of hydrogen-bond donors (Lipinski definition) is 2. The van der Waals surface area contributed by atoms with Gasteiger partial charge in [0.15, 0.2) is 5.82 Å². The predicted molar refractivity (Wildman–Crippen MR) is 135 cm³/mol. The molecule has 1 amide bonds. The van der Waals surface area contributed by atoms with E-state index in [1.54, 1.807) is 12.1 Å². The number of hydrogen-bond acceptors (Lipinski definition) is 6. The van der Waals surface area contributed by atoms with Crippen LogP contribution in [0.2, 0.25) is 0 Å². The first-order chi connectivity index (χ1) is 16.6. The second kappa shape index (κ2) is 9.97. The van der Waals surface area contributed by atoms with Crippen molar-refractivity contribution in [2.75, 3.05) is 37.6 Å². The Hall–Kier alpha value is -3.19. The fourth-order valence-corrected chi connectivity index (χ4v) is 5.06. The molecule has 7 nitrogen and oxygen atoms in total. The van der Waals surface area contributed by atoms with Gasteiger partial charge in [0.05, 0.1) is 11.1 Å². The number of piperidine rings is 1. The smallest absolute Gasteiger partial charge is 0.221 e. The van der Waals surface area contributed by atoms with Crippen LogP contribution in [0.1, 0.15) is 37.7 Å². The Labute approximate surface area is 200 Å². The number of likely N-dealkylation sites (tertiary alicyclic amines) is 1. The van der Waals surface area contributed by atoms with E-state index in [0.29, 0.717) is 17.8 Å². The first-order valence-corrected chi connectivity index (χ1v) is 12.4. The zero-order valence-corrected chi connectivity index (χ0v) is 19.8. The minimum Gasteiger partial charge on any atom is -0.507 e. The molecule has 1 atom stereocenters. The molecule has 3 heterocycles. The lowest BCUT2D eigenvalue weighted by Crippen LogP contribution is -2.39. The minimum atomic E-state index is 0.109. The molecule has 2 aliphatic heterocycles. The van der Waals surface area contributed by atoms with Crippen molar-refractivity contribution in [1.29, 1.82) is 0 Å². The van der Waals surface area contributed by atoms with Gasteiger partial charge in [0.25, 0.3) is 0 Å². The molecule has 7 heteroatoms. The summed E-state index contributed by atoms with van der Waals surface area (Å²) in [6.45, 7) is 6.66. The van der Waals surface area contributed by atoms with Gasteiger partial charge in [0.1, 0.15) is 11.6 Å². The van der Waals surface area contributed by atoms with Crippen LogP contribution >= 0.6 is 0 Å². The molecule has 5 rings (SSSR count). The van der Waals surface area contributed by atoms with Crippen molar-refractivity contribution in [1.82, 2.24) is 20.2 Å². The third-order valence-electron chi connectivity index (χ3n) is 6.93. The Morgan fingerprint density at radius 2 is 1.91 bits per heavy atom. The fourth-order valence-electron chi connectivity index (χ4n) is 5.06. The van der Waals surface area contributed by atoms with Crippen LogP contribution in [0.15, 0.2) is 42.5 Å². The molecule has 2 saturated heterocycles. The molecule has 0 saturated carbocycles. The maximum Gasteiger partial charge on any atom is 0.221 e. The molecule has 0 radical (unpaired) electrons. The molecule has 178 valence electrons. The molecule has 0 bridgehead atoms. The summed E-state index contributed by atoms with van der Waals surface area (Å²) in [6.07, 6.45) is 5.24. The standard InChI is InChI=1S/C27H33N5O2/c1-19-9-10-21-23(17-19)29-26(22-7-3-4-8-24(22)33)30-27(21)32-16-11-20(18-32)28-25(34)12-15-31-13-5-2-6-14-31/h3-4,7-10,17,20,33H,2,5-6,11-16,18H2,1H3,(H,28,34)/t20-/m1/s1. The summed E-state index contributed by atoms with van der Waals surface area (Å²) < 4.78 is 0. The average Bonchev–Trinajstić information content (AvgIpc) is 3.31. The number of carbonyl (C=O) groups excluding carboxylic acids is 1. The topological polar surface area (TPSA) is 81.6 Å². The highest BCUT2D eigenvalue weighted by Crippen LogP contribution is 2.33. The van der Waals surface area contributed by atoms with Gasteiger partial charge >= 0.3 is 0 Å². The van der Waals surface area contributed by atoms with E-state index >= 15 is 0 Å². The van der Waals surface area contributed by atoms with Gasteiger partial charge in [0.2, 0.25) is 5.91 Å². The van der Waals surface area contributed by atoms with Crippen LogP contribution in [-0.4, -0.2) is 64.6 Å². The first-order valence-electron chi connectivity index (χ1n) is 12.4. The predicted octanol–water partition coefficient (Wildman–Crippen LogP) is 3.88. The van der Waals surface area contributed by atoms with Crippen LogP contribution in [0, 0.1) is 6.92 Å². The van der Waals surface area contributed by atoms with Gasteiger partial charge < -0.3 is 20.2 Å². The van der Waals surface area contributed by atoms with Crippen LogP contribution in [-0.2, 0) is 4.79 Å². The first kappa shape index (κ1) is 22.6. The largest absolute Gasteiger partial charge is 0.507 e. The average molecular weight is 460 g/mol. The normalized spacial score (nSPS) is 19.0. The molecule has 0 unspecified atom stereocenters. The number of carbonyl (C=O) groups is 1. The van der Waals surface area contributed by atoms with Gasteiger partial charge in [0, 0.05) is 37.5 Å². The van der Waals surface area contributed by atoms with Crippen molar-refractivity contribution in [3.63, 3.8) is 0 Å². The summed E-state index contributed by atoms with van der Waals surface area (Å²) in [7, 11) is 0. The second-order valence-electron chi connectivity index (χ2n) is 9.56. The molecule has 34 heavy (non-hydrogen) atoms. The number of para-hydroxylation sites is 1. The van der Waals surface area contributed by atoms with Crippen LogP contribution in [0.5, 0.6) is 5.75 Å². The number of rotatable bonds is 6. The summed E-state index contributed by atoms with van der Waals surface area (Å²) in [4.78, 5) is 26.9. The number of aromatic nitrogens is 2. The van der Waals surface area contributed by atoms with Crippen molar-refractivity contribution >= 4 is 22.6 Å². The highest BCUT2D eigenvalue weighted by Gasteiger charge is 2.27. The Bertz CT molecular complexity index is 1170. The van der Waals surface area contributed by atoms with E-state index in [0.717, 1.165) is 61.4 Å². The molecule has 2 aromatic carbocycles. The van der Waals surface area contributed by atoms with Gasteiger partial charge in [-0.25, -0.2) is 9.97 Å². The number of benzene rings is 2. The summed E-state index contributed by atoms with van der Waals surface area (Å²) in [6, 6.07) is 13.5. The van der Waals surface area contributed by atoms with Crippen molar-refractivity contribution in [3.8, 4) is 17.1 Å². The van der Waals surface area contributed by atoms with Crippen molar-refractivity contribution in [3.05, 3.63) is 48.0 Å². The van der Waals surface area contributed by atoms with E-state index in [1.807, 2.05) is 19.1 Å². The molecule has 2 fully saturated rings. The van der Waals surface area contributed by atoms with Crippen LogP contribution in [0.25, 0.3) is 22.3 Å². The maximum absolute atomic E-state index is 12.6. The molecule has 2 aliphatic rings. The number of amides is 1. The lowest BCUT2D eigenvalue weighted by Gasteiger charge is -2.26. The highest BCUT2D eigenvalue weighted by atomic mass is 16.3. The quantitative estimate of drug-likeness (QED) is 0.582. The molecular formula is C27H33N5O2. The number of anilines is 1. The van der Waals surface area contributed by atoms with Gasteiger partial charge in [-0.2, -0.15) is 0 Å². The third kappa shape index (κ3) is 4.99. The summed E-state index contributed by atoms with van der Waals surface area (Å²) in [5.41, 5.74) is 2.60. The third-order valence-corrected chi connectivity index (χ3v) is 6.93. The molecule has 1 aromatic heterocycles. The van der Waals surface area contributed by atoms with Gasteiger partial charge in [-0.15, -0.1) is 0 Å². The highest BCUT2D eigenvalue weighted by molar-refractivity contribution is 5.92. The van der Waals surface area contributed by atoms with Crippen molar-refractivity contribution in [2.24, 2.45) is 0 Å². The number of fused-ring (bicyclic) bond motifs is 1. The zero-order chi connectivity index (χ0) is 23.5. The lowest BCUT2D eigenvalue weighted by molar-refractivity contribution is -0.122. The Kier molecular flexibility index (Phi) is 6.63. The summed E-state index contributed by atoms with van der Waals surface area (Å²) in [5.74, 6) is 1.67. The van der Waals surface area contributed by atoms with E-state index in [2.05, 4.69) is 33.3 Å². The second-order valence-corrected chi connectivity index (χ2v) is 9.56. The Morgan fingerprint density at radius 1 is 1.09 bits per heavy atom. The zero-order valence-electron chi connectivity index (χ0n) is 19.8. The molecule has 0 aliphatic carbocycles. The van der Waals surface area contributed by atoms with E-state index in [-0.39, 0.29) is 17.7 Å². The number of phenolic OH excluding ortho intramolecular Hbond substituents is 1.